The number of nitrogens with two attached hydrogens (primary N) is 1. The summed E-state index contributed by atoms with van der Waals surface area (Å²) in [7, 11) is 0. The van der Waals surface area contributed by atoms with Crippen molar-refractivity contribution in [3.8, 4) is 11.4 Å². The van der Waals surface area contributed by atoms with E-state index in [1.807, 2.05) is 26.8 Å². The summed E-state index contributed by atoms with van der Waals surface area (Å²) >= 11 is 0. The van der Waals surface area contributed by atoms with Crippen LogP contribution in [0.2, 0.25) is 0 Å². The number of rotatable bonds is 3. The second-order valence-electron chi connectivity index (χ2n) is 9.19. The summed E-state index contributed by atoms with van der Waals surface area (Å²) < 4.78 is 29.2. The molecule has 0 bridgehead atoms. The Morgan fingerprint density at radius 3 is 2.55 bits per heavy atom. The molecule has 3 N–H and O–H groups in total. The topological polar surface area (TPSA) is 107 Å². The van der Waals surface area contributed by atoms with Gasteiger partial charge in [0, 0.05) is 30.5 Å². The van der Waals surface area contributed by atoms with Crippen molar-refractivity contribution in [1.29, 1.82) is 0 Å². The van der Waals surface area contributed by atoms with E-state index in [9.17, 15) is 18.4 Å². The van der Waals surface area contributed by atoms with Gasteiger partial charge in [-0.2, -0.15) is 5.10 Å². The Morgan fingerprint density at radius 1 is 1.26 bits per heavy atom. The second kappa shape index (κ2) is 7.25. The normalized spacial score (nSPS) is 17.2. The number of primary amides is 1. The number of amides is 1. The zero-order valence-corrected chi connectivity index (χ0v) is 17.7. The van der Waals surface area contributed by atoms with Crippen LogP contribution in [-0.4, -0.2) is 31.6 Å². The fourth-order valence-electron chi connectivity index (χ4n) is 4.03. The summed E-state index contributed by atoms with van der Waals surface area (Å²) in [4.78, 5) is 31.7. The minimum atomic E-state index is -2.65. The van der Waals surface area contributed by atoms with Crippen LogP contribution >= 0.6 is 0 Å². The Labute approximate surface area is 177 Å². The molecule has 3 heterocycles. The van der Waals surface area contributed by atoms with Crippen LogP contribution in [-0.2, 0) is 5.41 Å². The number of hydrogen-bond acceptors (Lipinski definition) is 4. The van der Waals surface area contributed by atoms with Crippen molar-refractivity contribution in [3.63, 3.8) is 0 Å². The largest absolute Gasteiger partial charge is 0.364 e. The molecule has 0 aliphatic heterocycles. The van der Waals surface area contributed by atoms with Crippen molar-refractivity contribution < 1.29 is 13.6 Å². The number of alkyl halides is 2. The van der Waals surface area contributed by atoms with Crippen molar-refractivity contribution in [2.24, 2.45) is 5.73 Å². The third-order valence-electron chi connectivity index (χ3n) is 5.79. The van der Waals surface area contributed by atoms with Gasteiger partial charge in [0.05, 0.1) is 34.0 Å². The number of nitrogens with zero attached hydrogens (tertiary/aromatic N) is 3. The van der Waals surface area contributed by atoms with Crippen LogP contribution in [0.25, 0.3) is 22.3 Å². The zero-order chi connectivity index (χ0) is 22.6. The molecule has 0 atom stereocenters. The van der Waals surface area contributed by atoms with Gasteiger partial charge in [0.15, 0.2) is 5.43 Å². The van der Waals surface area contributed by atoms with Crippen LogP contribution in [0, 0.1) is 0 Å². The minimum absolute atomic E-state index is 0.0938. The lowest BCUT2D eigenvalue weighted by atomic mass is 9.92. The maximum absolute atomic E-state index is 13.7. The lowest BCUT2D eigenvalue weighted by Crippen LogP contribution is -2.27. The molecule has 9 heteroatoms. The van der Waals surface area contributed by atoms with Crippen molar-refractivity contribution in [2.45, 2.75) is 63.8 Å². The zero-order valence-electron chi connectivity index (χ0n) is 17.7. The van der Waals surface area contributed by atoms with Gasteiger partial charge in [-0.05, 0) is 25.0 Å². The number of halogens is 2. The van der Waals surface area contributed by atoms with Crippen molar-refractivity contribution in [2.75, 3.05) is 0 Å². The van der Waals surface area contributed by atoms with Gasteiger partial charge in [0.1, 0.15) is 5.69 Å². The standard InChI is InChI=1S/C22H25F2N5O2/c1-21(2,3)17-11-15(29(28-17)12-4-7-22(23,24)8-5-12)14-10-16(30)18-13(27-14)6-9-26-19(18)20(25)31/h6,9-12H,4-5,7-8H2,1-3H3,(H2,25,31)(H,27,30). The summed E-state index contributed by atoms with van der Waals surface area (Å²) in [5.74, 6) is -3.43. The number of fused-ring (bicyclic) bond motifs is 1. The van der Waals surface area contributed by atoms with Crippen molar-refractivity contribution >= 4 is 16.8 Å². The third kappa shape index (κ3) is 3.96. The average molecular weight is 429 g/mol. The number of hydrogen-bond donors (Lipinski definition) is 2. The number of aromatic amines is 1. The fourth-order valence-corrected chi connectivity index (χ4v) is 4.03. The Hall–Kier alpha value is -3.10. The molecule has 7 nitrogen and oxygen atoms in total. The number of H-pyrrole nitrogens is 1. The maximum Gasteiger partial charge on any atom is 0.268 e. The summed E-state index contributed by atoms with van der Waals surface area (Å²) in [6.07, 6.45) is 1.63. The fraction of sp³-hybridized carbons (Fsp3) is 0.455. The molecule has 1 aliphatic carbocycles. The quantitative estimate of drug-likeness (QED) is 0.658. The molecule has 3 aromatic heterocycles. The number of nitrogens with one attached hydrogen (secondary N) is 1. The summed E-state index contributed by atoms with van der Waals surface area (Å²) in [5, 5.41) is 4.87. The lowest BCUT2D eigenvalue weighted by Gasteiger charge is -2.29. The highest BCUT2D eigenvalue weighted by atomic mass is 19.3. The molecule has 4 rings (SSSR count). The van der Waals surface area contributed by atoms with Crippen LogP contribution in [0.4, 0.5) is 8.78 Å². The van der Waals surface area contributed by atoms with E-state index >= 15 is 0 Å². The molecule has 1 aliphatic rings. The van der Waals surface area contributed by atoms with Gasteiger partial charge in [0.25, 0.3) is 5.91 Å². The van der Waals surface area contributed by atoms with Gasteiger partial charge in [-0.3, -0.25) is 19.3 Å². The first kappa shape index (κ1) is 21.1. The molecule has 1 saturated carbocycles. The lowest BCUT2D eigenvalue weighted by molar-refractivity contribution is -0.0449. The molecule has 3 aromatic rings. The van der Waals surface area contributed by atoms with Crippen LogP contribution in [0.1, 0.15) is 68.7 Å². The second-order valence-corrected chi connectivity index (χ2v) is 9.19. The van der Waals surface area contributed by atoms with Crippen LogP contribution in [0.3, 0.4) is 0 Å². The van der Waals surface area contributed by atoms with Gasteiger partial charge < -0.3 is 10.7 Å². The molecule has 0 spiro atoms. The van der Waals surface area contributed by atoms with E-state index in [1.165, 1.54) is 12.3 Å². The van der Waals surface area contributed by atoms with E-state index in [-0.39, 0.29) is 35.4 Å². The highest BCUT2D eigenvalue weighted by Crippen LogP contribution is 2.40. The number of carbonyl (C=O) groups is 1. The van der Waals surface area contributed by atoms with Crippen LogP contribution in [0.15, 0.2) is 29.2 Å². The SMILES string of the molecule is CC(C)(C)c1cc(-c2cc(=O)c3c(C(N)=O)nccc3[nH]2)n(C2CCC(F)(F)CC2)n1. The third-order valence-corrected chi connectivity index (χ3v) is 5.79. The monoisotopic (exact) mass is 429 g/mol. The van der Waals surface area contributed by atoms with Gasteiger partial charge in [-0.25, -0.2) is 8.78 Å². The first-order chi connectivity index (χ1) is 14.5. The van der Waals surface area contributed by atoms with Gasteiger partial charge in [-0.1, -0.05) is 20.8 Å². The molecule has 1 amide bonds. The van der Waals surface area contributed by atoms with Crippen LogP contribution in [0.5, 0.6) is 0 Å². The predicted molar refractivity (Wildman–Crippen MR) is 113 cm³/mol. The first-order valence-electron chi connectivity index (χ1n) is 10.3. The smallest absolute Gasteiger partial charge is 0.268 e. The predicted octanol–water partition coefficient (Wildman–Crippen LogP) is 3.93. The van der Waals surface area contributed by atoms with Gasteiger partial charge >= 0.3 is 0 Å². The first-order valence-corrected chi connectivity index (χ1v) is 10.3. The highest BCUT2D eigenvalue weighted by Gasteiger charge is 2.37. The highest BCUT2D eigenvalue weighted by molar-refractivity contribution is 6.03. The van der Waals surface area contributed by atoms with Gasteiger partial charge in [-0.15, -0.1) is 0 Å². The van der Waals surface area contributed by atoms with E-state index in [1.54, 1.807) is 10.7 Å². The summed E-state index contributed by atoms with van der Waals surface area (Å²) in [5.41, 5.74) is 6.98. The number of pyridine rings is 2. The molecule has 0 aromatic carbocycles. The van der Waals surface area contributed by atoms with Crippen LogP contribution < -0.4 is 11.2 Å². The molecule has 31 heavy (non-hydrogen) atoms. The van der Waals surface area contributed by atoms with E-state index in [0.29, 0.717) is 29.7 Å². The molecular weight excluding hydrogens is 404 g/mol. The molecule has 0 unspecified atom stereocenters. The Balaban J connectivity index is 1.87. The van der Waals surface area contributed by atoms with Crippen molar-refractivity contribution in [1.82, 2.24) is 19.7 Å². The molecular formula is C22H25F2N5O2. The average Bonchev–Trinajstić information content (AvgIpc) is 3.13. The summed E-state index contributed by atoms with van der Waals surface area (Å²) in [6, 6.07) is 4.68. The number of aromatic nitrogens is 4. The van der Waals surface area contributed by atoms with Gasteiger partial charge in [0.2, 0.25) is 5.92 Å². The molecule has 1 fully saturated rings. The molecule has 164 valence electrons. The Morgan fingerprint density at radius 2 is 1.94 bits per heavy atom. The number of carbonyl (C=O) groups excluding carboxylic acids is 1. The van der Waals surface area contributed by atoms with E-state index in [4.69, 9.17) is 10.8 Å². The summed E-state index contributed by atoms with van der Waals surface area (Å²) in [6.45, 7) is 6.06. The minimum Gasteiger partial charge on any atom is -0.364 e. The molecule has 0 radical (unpaired) electrons. The van der Waals surface area contributed by atoms with E-state index < -0.39 is 17.3 Å². The maximum atomic E-state index is 13.7. The Bertz CT molecular complexity index is 1210. The molecule has 0 saturated heterocycles. The van der Waals surface area contributed by atoms with E-state index in [2.05, 4.69) is 9.97 Å². The Kier molecular flexibility index (Phi) is 4.94. The van der Waals surface area contributed by atoms with Crippen molar-refractivity contribution in [3.05, 3.63) is 46.0 Å². The van der Waals surface area contributed by atoms with E-state index in [0.717, 1.165) is 5.69 Å².